The number of carbonyl (C=O) groups is 2. The first-order valence-corrected chi connectivity index (χ1v) is 10.7. The highest BCUT2D eigenvalue weighted by Crippen LogP contribution is 2.38. The summed E-state index contributed by atoms with van der Waals surface area (Å²) in [5.41, 5.74) is -0.0623. The average molecular weight is 516 g/mol. The molecule has 4 rings (SSSR count). The van der Waals surface area contributed by atoms with E-state index in [1.54, 1.807) is 30.3 Å². The van der Waals surface area contributed by atoms with Crippen molar-refractivity contribution in [3.8, 4) is 5.75 Å². The number of urea groups is 1. The number of fused-ring (bicyclic) bond motifs is 1. The van der Waals surface area contributed by atoms with E-state index in [4.69, 9.17) is 16.3 Å². The van der Waals surface area contributed by atoms with Crippen molar-refractivity contribution in [3.05, 3.63) is 83.1 Å². The number of nitrogens with zero attached hydrogens (tertiary/aromatic N) is 2. The van der Waals surface area contributed by atoms with Crippen molar-refractivity contribution in [2.45, 2.75) is 6.18 Å². The Kier molecular flexibility index (Phi) is 6.93. The molecule has 0 spiro atoms. The van der Waals surface area contributed by atoms with Gasteiger partial charge in [0.25, 0.3) is 5.91 Å². The van der Waals surface area contributed by atoms with Crippen molar-refractivity contribution in [2.75, 3.05) is 17.7 Å². The van der Waals surface area contributed by atoms with Crippen molar-refractivity contribution in [3.63, 3.8) is 0 Å². The molecule has 8 nitrogen and oxygen atoms in total. The lowest BCUT2D eigenvalue weighted by molar-refractivity contribution is -0.137. The highest BCUT2D eigenvalue weighted by molar-refractivity contribution is 6.31. The number of hydrogen-bond acceptors (Lipinski definition) is 6. The Labute approximate surface area is 207 Å². The van der Waals surface area contributed by atoms with Gasteiger partial charge < -0.3 is 15.4 Å². The third-order valence-corrected chi connectivity index (χ3v) is 5.33. The lowest BCUT2D eigenvalue weighted by Crippen LogP contribution is -2.34. The zero-order valence-corrected chi connectivity index (χ0v) is 19.2. The molecule has 36 heavy (non-hydrogen) atoms. The molecule has 3 amide bonds. The van der Waals surface area contributed by atoms with Crippen LogP contribution in [-0.4, -0.2) is 29.0 Å². The quantitative estimate of drug-likeness (QED) is 0.300. The van der Waals surface area contributed by atoms with E-state index >= 15 is 0 Å². The summed E-state index contributed by atoms with van der Waals surface area (Å²) >= 11 is 5.70. The number of nitrogens with one attached hydrogen (secondary N) is 3. The molecule has 184 valence electrons. The van der Waals surface area contributed by atoms with Gasteiger partial charge in [-0.25, -0.2) is 14.8 Å². The highest BCUT2D eigenvalue weighted by atomic mass is 35.5. The number of rotatable bonds is 5. The van der Waals surface area contributed by atoms with Gasteiger partial charge in [-0.15, -0.1) is 0 Å². The first-order valence-electron chi connectivity index (χ1n) is 10.3. The fourth-order valence-corrected chi connectivity index (χ4v) is 3.55. The molecular weight excluding hydrogens is 499 g/mol. The number of imide groups is 1. The van der Waals surface area contributed by atoms with Crippen LogP contribution in [0.5, 0.6) is 5.75 Å². The van der Waals surface area contributed by atoms with E-state index in [0.717, 1.165) is 12.1 Å². The predicted octanol–water partition coefficient (Wildman–Crippen LogP) is 6.02. The van der Waals surface area contributed by atoms with Crippen molar-refractivity contribution in [1.82, 2.24) is 15.3 Å². The summed E-state index contributed by atoms with van der Waals surface area (Å²) in [7, 11) is 1.38. The molecule has 0 fully saturated rings. The van der Waals surface area contributed by atoms with Gasteiger partial charge in [0, 0.05) is 22.7 Å². The van der Waals surface area contributed by atoms with Gasteiger partial charge in [0.1, 0.15) is 17.9 Å². The third-order valence-electron chi connectivity index (χ3n) is 5.00. The molecule has 3 N–H and O–H groups in total. The van der Waals surface area contributed by atoms with E-state index in [1.165, 1.54) is 31.6 Å². The SMILES string of the molecule is COc1cc2ncnc(Nc3ccc(Cl)c(C(F)(F)F)c3)c2cc1NC(=O)NC(=O)c1ccccc1. The van der Waals surface area contributed by atoms with E-state index in [2.05, 4.69) is 25.9 Å². The summed E-state index contributed by atoms with van der Waals surface area (Å²) in [6.45, 7) is 0. The summed E-state index contributed by atoms with van der Waals surface area (Å²) in [5, 5.41) is 7.51. The number of halogens is 4. The van der Waals surface area contributed by atoms with Gasteiger partial charge in [-0.05, 0) is 36.4 Å². The molecule has 0 bridgehead atoms. The van der Waals surface area contributed by atoms with E-state index in [-0.39, 0.29) is 22.9 Å². The monoisotopic (exact) mass is 515 g/mol. The second-order valence-electron chi connectivity index (χ2n) is 7.38. The summed E-state index contributed by atoms with van der Waals surface area (Å²) in [4.78, 5) is 33.0. The zero-order valence-electron chi connectivity index (χ0n) is 18.5. The molecule has 0 aliphatic carbocycles. The number of hydrogen-bond donors (Lipinski definition) is 3. The van der Waals surface area contributed by atoms with Crippen LogP contribution in [0.15, 0.2) is 67.0 Å². The van der Waals surface area contributed by atoms with Gasteiger partial charge in [0.15, 0.2) is 0 Å². The van der Waals surface area contributed by atoms with Crippen LogP contribution in [0.1, 0.15) is 15.9 Å². The maximum Gasteiger partial charge on any atom is 0.417 e. The van der Waals surface area contributed by atoms with Gasteiger partial charge in [-0.1, -0.05) is 29.8 Å². The fraction of sp³-hybridized carbons (Fsp3) is 0.0833. The second kappa shape index (κ2) is 10.1. The number of aromatic nitrogens is 2. The van der Waals surface area contributed by atoms with Crippen LogP contribution in [-0.2, 0) is 6.18 Å². The van der Waals surface area contributed by atoms with Gasteiger partial charge in [-0.2, -0.15) is 13.2 Å². The van der Waals surface area contributed by atoms with Crippen LogP contribution < -0.4 is 20.7 Å². The van der Waals surface area contributed by atoms with E-state index in [1.807, 2.05) is 0 Å². The Morgan fingerprint density at radius 2 is 1.75 bits per heavy atom. The lowest BCUT2D eigenvalue weighted by Gasteiger charge is -2.15. The molecule has 0 atom stereocenters. The summed E-state index contributed by atoms with van der Waals surface area (Å²) in [5.74, 6) is -0.205. The summed E-state index contributed by atoms with van der Waals surface area (Å²) in [6, 6.07) is 13.7. The molecule has 4 aromatic rings. The minimum atomic E-state index is -4.64. The summed E-state index contributed by atoms with van der Waals surface area (Å²) in [6.07, 6.45) is -3.42. The number of alkyl halides is 3. The normalized spacial score (nSPS) is 11.1. The Morgan fingerprint density at radius 1 is 1.00 bits per heavy atom. The average Bonchev–Trinajstić information content (AvgIpc) is 2.85. The zero-order chi connectivity index (χ0) is 25.9. The molecule has 0 aliphatic rings. The standard InChI is InChI=1S/C24H17ClF3N5O3/c1-36-20-11-18-15(10-19(20)32-23(35)33-22(34)13-5-3-2-4-6-13)21(30-12-29-18)31-14-7-8-17(25)16(9-14)24(26,27)28/h2-12H,1H3,(H,29,30,31)(H2,32,33,34,35). The van der Waals surface area contributed by atoms with Gasteiger partial charge in [-0.3, -0.25) is 10.1 Å². The number of methoxy groups -OCH3 is 1. The molecule has 0 saturated heterocycles. The molecular formula is C24H17ClF3N5O3. The van der Waals surface area contributed by atoms with Crippen LogP contribution in [0.2, 0.25) is 5.02 Å². The van der Waals surface area contributed by atoms with Crippen LogP contribution in [0.25, 0.3) is 10.9 Å². The largest absolute Gasteiger partial charge is 0.494 e. The number of ether oxygens (including phenoxy) is 1. The molecule has 3 aromatic carbocycles. The maximum absolute atomic E-state index is 13.3. The molecule has 0 radical (unpaired) electrons. The Morgan fingerprint density at radius 3 is 2.44 bits per heavy atom. The number of carbonyl (C=O) groups excluding carboxylic acids is 2. The molecule has 1 heterocycles. The van der Waals surface area contributed by atoms with E-state index in [0.29, 0.717) is 16.5 Å². The van der Waals surface area contributed by atoms with Gasteiger partial charge in [0.05, 0.1) is 28.9 Å². The van der Waals surface area contributed by atoms with E-state index < -0.39 is 28.7 Å². The molecule has 12 heteroatoms. The Balaban J connectivity index is 1.64. The van der Waals surface area contributed by atoms with Gasteiger partial charge >= 0.3 is 12.2 Å². The van der Waals surface area contributed by atoms with Crippen LogP contribution in [0.4, 0.5) is 35.2 Å². The van der Waals surface area contributed by atoms with Crippen molar-refractivity contribution in [2.24, 2.45) is 0 Å². The highest BCUT2D eigenvalue weighted by Gasteiger charge is 2.33. The second-order valence-corrected chi connectivity index (χ2v) is 7.79. The van der Waals surface area contributed by atoms with Crippen LogP contribution in [0, 0.1) is 0 Å². The van der Waals surface area contributed by atoms with Gasteiger partial charge in [0.2, 0.25) is 0 Å². The smallest absolute Gasteiger partial charge is 0.417 e. The number of amides is 3. The third kappa shape index (κ3) is 5.47. The number of benzene rings is 3. The minimum Gasteiger partial charge on any atom is -0.494 e. The molecule has 0 saturated carbocycles. The molecule has 1 aromatic heterocycles. The Hall–Kier alpha value is -4.38. The first kappa shape index (κ1) is 24.7. The fourth-order valence-electron chi connectivity index (χ4n) is 3.33. The number of anilines is 3. The maximum atomic E-state index is 13.3. The lowest BCUT2D eigenvalue weighted by atomic mass is 10.1. The van der Waals surface area contributed by atoms with Crippen LogP contribution >= 0.6 is 11.6 Å². The predicted molar refractivity (Wildman–Crippen MR) is 129 cm³/mol. The van der Waals surface area contributed by atoms with Crippen molar-refractivity contribution >= 4 is 51.6 Å². The topological polar surface area (TPSA) is 105 Å². The molecule has 0 unspecified atom stereocenters. The van der Waals surface area contributed by atoms with Crippen LogP contribution in [0.3, 0.4) is 0 Å². The first-order chi connectivity index (χ1) is 17.2. The van der Waals surface area contributed by atoms with Crippen molar-refractivity contribution in [1.29, 1.82) is 0 Å². The summed E-state index contributed by atoms with van der Waals surface area (Å²) < 4.78 is 45.1. The molecule has 0 aliphatic heterocycles. The minimum absolute atomic E-state index is 0.0863. The van der Waals surface area contributed by atoms with E-state index in [9.17, 15) is 22.8 Å². The Bertz CT molecular complexity index is 1450. The van der Waals surface area contributed by atoms with Crippen molar-refractivity contribution < 1.29 is 27.5 Å².